The number of hydrogen-bond acceptors (Lipinski definition) is 8. The van der Waals surface area contributed by atoms with E-state index in [1.807, 2.05) is 0 Å². The number of methoxy groups -OCH3 is 2. The lowest BCUT2D eigenvalue weighted by atomic mass is 9.81. The Morgan fingerprint density at radius 3 is 2.41 bits per heavy atom. The summed E-state index contributed by atoms with van der Waals surface area (Å²) in [5.74, 6) is -2.53. The molecule has 170 valence electrons. The maximum atomic E-state index is 13.1. The number of fused-ring (bicyclic) bond motifs is 1. The Bertz CT molecular complexity index is 1410. The van der Waals surface area contributed by atoms with Crippen molar-refractivity contribution in [1.82, 2.24) is 4.98 Å². The van der Waals surface area contributed by atoms with Gasteiger partial charge in [-0.1, -0.05) is 48.0 Å². The number of pyridine rings is 1. The molecule has 4 rings (SSSR count). The highest BCUT2D eigenvalue weighted by molar-refractivity contribution is 6.30. The van der Waals surface area contributed by atoms with Crippen LogP contribution < -0.4 is 10.6 Å². The highest BCUT2D eigenvalue weighted by atomic mass is 35.5. The number of hydrogen-bond donors (Lipinski definition) is 1. The molecule has 0 aliphatic carbocycles. The number of ether oxygens (including phenoxy) is 2. The first kappa shape index (κ1) is 22.8. The summed E-state index contributed by atoms with van der Waals surface area (Å²) in [6.45, 7) is 0. The fourth-order valence-electron chi connectivity index (χ4n) is 4.02. The molecule has 9 heteroatoms. The molecule has 2 heterocycles. The van der Waals surface area contributed by atoms with E-state index in [9.17, 15) is 14.9 Å². The van der Waals surface area contributed by atoms with Crippen LogP contribution >= 0.6 is 11.6 Å². The number of allylic oxidation sites excluding steroid dienone is 1. The van der Waals surface area contributed by atoms with E-state index in [-0.39, 0.29) is 27.8 Å². The fourth-order valence-corrected chi connectivity index (χ4v) is 4.19. The maximum absolute atomic E-state index is 13.1. The highest BCUT2D eigenvalue weighted by Gasteiger charge is 2.42. The number of halogens is 1. The van der Waals surface area contributed by atoms with E-state index >= 15 is 0 Å². The predicted molar refractivity (Wildman–Crippen MR) is 126 cm³/mol. The number of rotatable bonds is 4. The van der Waals surface area contributed by atoms with Crippen molar-refractivity contribution < 1.29 is 19.1 Å². The van der Waals surface area contributed by atoms with Crippen molar-refractivity contribution in [3.05, 3.63) is 94.2 Å². The van der Waals surface area contributed by atoms with Crippen LogP contribution in [-0.4, -0.2) is 31.1 Å². The first-order chi connectivity index (χ1) is 16.4. The van der Waals surface area contributed by atoms with Crippen LogP contribution in [0.5, 0.6) is 0 Å². The van der Waals surface area contributed by atoms with Gasteiger partial charge >= 0.3 is 11.9 Å². The summed E-state index contributed by atoms with van der Waals surface area (Å²) in [7, 11) is 2.40. The molecule has 0 fully saturated rings. The molecule has 1 unspecified atom stereocenters. The summed E-state index contributed by atoms with van der Waals surface area (Å²) in [6.07, 6.45) is 1.61. The SMILES string of the molecule is COC(=O)C1=C(C(=O)OC)N(c2ccc3cnc(Cl)cc3c2)C(N)=C(C#N)C1c1ccccc1. The molecule has 0 amide bonds. The molecule has 0 bridgehead atoms. The van der Waals surface area contributed by atoms with Crippen LogP contribution in [0.15, 0.2) is 83.5 Å². The number of aromatic nitrogens is 1. The lowest BCUT2D eigenvalue weighted by Crippen LogP contribution is -2.40. The zero-order valence-electron chi connectivity index (χ0n) is 18.3. The largest absolute Gasteiger partial charge is 0.466 e. The number of nitriles is 1. The molecule has 1 aromatic heterocycles. The number of nitrogens with two attached hydrogens (primary N) is 1. The molecule has 8 nitrogen and oxygen atoms in total. The zero-order chi connectivity index (χ0) is 24.4. The number of benzene rings is 2. The molecule has 1 aliphatic rings. The van der Waals surface area contributed by atoms with Crippen LogP contribution in [0.4, 0.5) is 5.69 Å². The lowest BCUT2D eigenvalue weighted by Gasteiger charge is -2.36. The van der Waals surface area contributed by atoms with Crippen molar-refractivity contribution in [1.29, 1.82) is 5.26 Å². The number of carbonyl (C=O) groups is 2. The average molecular weight is 475 g/mol. The van der Waals surface area contributed by atoms with Crippen molar-refractivity contribution in [3.8, 4) is 6.07 Å². The summed E-state index contributed by atoms with van der Waals surface area (Å²) in [5, 5.41) is 11.9. The molecular weight excluding hydrogens is 456 g/mol. The van der Waals surface area contributed by atoms with Crippen molar-refractivity contribution in [2.45, 2.75) is 5.92 Å². The molecule has 0 saturated carbocycles. The molecular formula is C25H19ClN4O4. The first-order valence-corrected chi connectivity index (χ1v) is 10.5. The van der Waals surface area contributed by atoms with Crippen LogP contribution in [0.1, 0.15) is 11.5 Å². The molecule has 2 aromatic carbocycles. The van der Waals surface area contributed by atoms with Gasteiger partial charge in [-0.05, 0) is 29.1 Å². The van der Waals surface area contributed by atoms with Gasteiger partial charge < -0.3 is 15.2 Å². The van der Waals surface area contributed by atoms with Crippen LogP contribution in [0, 0.1) is 11.3 Å². The smallest absolute Gasteiger partial charge is 0.355 e. The Morgan fingerprint density at radius 2 is 1.76 bits per heavy atom. The van der Waals surface area contributed by atoms with Gasteiger partial charge in [-0.15, -0.1) is 0 Å². The second-order valence-corrected chi connectivity index (χ2v) is 7.76. The fraction of sp³-hybridized carbons (Fsp3) is 0.120. The second-order valence-electron chi connectivity index (χ2n) is 7.37. The van der Waals surface area contributed by atoms with E-state index in [2.05, 4.69) is 11.1 Å². The molecule has 0 radical (unpaired) electrons. The van der Waals surface area contributed by atoms with E-state index in [4.69, 9.17) is 26.8 Å². The summed E-state index contributed by atoms with van der Waals surface area (Å²) in [6, 6.07) is 17.8. The van der Waals surface area contributed by atoms with Crippen LogP contribution in [0.25, 0.3) is 10.8 Å². The van der Waals surface area contributed by atoms with Crippen molar-refractivity contribution in [2.75, 3.05) is 19.1 Å². The van der Waals surface area contributed by atoms with Crippen LogP contribution in [-0.2, 0) is 19.1 Å². The molecule has 0 spiro atoms. The summed E-state index contributed by atoms with van der Waals surface area (Å²) < 4.78 is 10.1. The Morgan fingerprint density at radius 1 is 1.06 bits per heavy atom. The lowest BCUT2D eigenvalue weighted by molar-refractivity contribution is -0.139. The molecule has 1 atom stereocenters. The normalized spacial score (nSPS) is 15.8. The Hall–Kier alpha value is -4.35. The number of esters is 2. The van der Waals surface area contributed by atoms with Crippen molar-refractivity contribution in [2.24, 2.45) is 5.73 Å². The third-order valence-corrected chi connectivity index (χ3v) is 5.75. The van der Waals surface area contributed by atoms with Crippen LogP contribution in [0.3, 0.4) is 0 Å². The summed E-state index contributed by atoms with van der Waals surface area (Å²) >= 11 is 6.06. The standard InChI is InChI=1S/C25H19ClN4O4/c1-33-24(31)21-20(14-6-4-3-5-7-14)18(12-27)23(28)30(22(21)25(32)34-2)17-9-8-15-13-29-19(26)11-16(15)10-17/h3-11,13,20H,28H2,1-2H3. The molecule has 34 heavy (non-hydrogen) atoms. The van der Waals surface area contributed by atoms with E-state index < -0.39 is 17.9 Å². The topological polar surface area (TPSA) is 119 Å². The Labute approximate surface area is 200 Å². The van der Waals surface area contributed by atoms with Crippen molar-refractivity contribution in [3.63, 3.8) is 0 Å². The molecule has 0 saturated heterocycles. The van der Waals surface area contributed by atoms with E-state index in [1.54, 1.807) is 60.8 Å². The molecule has 1 aliphatic heterocycles. The third kappa shape index (κ3) is 3.83. The highest BCUT2D eigenvalue weighted by Crippen LogP contribution is 2.43. The number of anilines is 1. The van der Waals surface area contributed by atoms with Gasteiger partial charge in [0.2, 0.25) is 0 Å². The number of nitrogens with zero attached hydrogens (tertiary/aromatic N) is 3. The maximum Gasteiger partial charge on any atom is 0.355 e. The minimum absolute atomic E-state index is 0.0103. The molecule has 3 aromatic rings. The number of carbonyl (C=O) groups excluding carboxylic acids is 2. The molecule has 2 N–H and O–H groups in total. The Balaban J connectivity index is 2.06. The van der Waals surface area contributed by atoms with Gasteiger partial charge in [0.1, 0.15) is 16.7 Å². The van der Waals surface area contributed by atoms with Gasteiger partial charge in [-0.3, -0.25) is 4.90 Å². The van der Waals surface area contributed by atoms with E-state index in [0.717, 1.165) is 10.8 Å². The minimum Gasteiger partial charge on any atom is -0.466 e. The van der Waals surface area contributed by atoms with Gasteiger partial charge in [0.15, 0.2) is 0 Å². The van der Waals surface area contributed by atoms with Crippen LogP contribution in [0.2, 0.25) is 5.15 Å². The zero-order valence-corrected chi connectivity index (χ0v) is 19.0. The van der Waals surface area contributed by atoms with Gasteiger partial charge in [-0.2, -0.15) is 5.26 Å². The predicted octanol–water partition coefficient (Wildman–Crippen LogP) is 3.79. The van der Waals surface area contributed by atoms with Crippen molar-refractivity contribution >= 4 is 40.0 Å². The summed E-state index contributed by atoms with van der Waals surface area (Å²) in [5.41, 5.74) is 7.42. The minimum atomic E-state index is -0.928. The van der Waals surface area contributed by atoms with Gasteiger partial charge in [0, 0.05) is 17.3 Å². The Kier molecular flexibility index (Phi) is 6.21. The summed E-state index contributed by atoms with van der Waals surface area (Å²) in [4.78, 5) is 31.6. The van der Waals surface area contributed by atoms with Gasteiger partial charge in [0.05, 0.1) is 37.4 Å². The van der Waals surface area contributed by atoms with E-state index in [1.165, 1.54) is 19.1 Å². The van der Waals surface area contributed by atoms with Gasteiger partial charge in [-0.25, -0.2) is 14.6 Å². The quantitative estimate of drug-likeness (QED) is 0.448. The second kappa shape index (κ2) is 9.25. The first-order valence-electron chi connectivity index (χ1n) is 10.1. The monoisotopic (exact) mass is 474 g/mol. The van der Waals surface area contributed by atoms with E-state index in [0.29, 0.717) is 11.3 Å². The average Bonchev–Trinajstić information content (AvgIpc) is 2.86. The third-order valence-electron chi connectivity index (χ3n) is 5.54. The van der Waals surface area contributed by atoms with Gasteiger partial charge in [0.25, 0.3) is 0 Å².